The summed E-state index contributed by atoms with van der Waals surface area (Å²) in [5.74, 6) is -1.24. The molecule has 0 saturated carbocycles. The number of hydrogen-bond donors (Lipinski definition) is 0. The lowest BCUT2D eigenvalue weighted by Crippen LogP contribution is -2.13. The largest absolute Gasteiger partial charge is 0.491 e. The van der Waals surface area contributed by atoms with Crippen molar-refractivity contribution in [2.24, 2.45) is 0 Å². The van der Waals surface area contributed by atoms with Crippen LogP contribution in [0.3, 0.4) is 0 Å². The summed E-state index contributed by atoms with van der Waals surface area (Å²) in [7, 11) is 1.57. The lowest BCUT2D eigenvalue weighted by atomic mass is 10.0. The van der Waals surface area contributed by atoms with Gasteiger partial charge in [-0.25, -0.2) is 14.0 Å². The Morgan fingerprint density at radius 1 is 0.848 bits per heavy atom. The van der Waals surface area contributed by atoms with E-state index in [0.717, 1.165) is 0 Å². The van der Waals surface area contributed by atoms with E-state index in [1.165, 1.54) is 19.1 Å². The number of benzene rings is 2. The van der Waals surface area contributed by atoms with Crippen LogP contribution in [0.25, 0.3) is 11.1 Å². The minimum absolute atomic E-state index is 0.00402. The normalized spacial score (nSPS) is 10.3. The van der Waals surface area contributed by atoms with E-state index >= 15 is 0 Å². The van der Waals surface area contributed by atoms with Crippen LogP contribution in [0.5, 0.6) is 17.2 Å². The number of halogens is 1. The Kier molecular flexibility index (Phi) is 9.62. The molecule has 2 aromatic rings. The van der Waals surface area contributed by atoms with Crippen molar-refractivity contribution in [1.29, 1.82) is 0 Å². The van der Waals surface area contributed by atoms with Gasteiger partial charge in [0.05, 0.1) is 6.61 Å². The van der Waals surface area contributed by atoms with Crippen molar-refractivity contribution >= 4 is 11.9 Å². The van der Waals surface area contributed by atoms with Crippen LogP contribution in [0.4, 0.5) is 4.39 Å². The average Bonchev–Trinajstić information content (AvgIpc) is 2.78. The number of rotatable bonds is 12. The first-order chi connectivity index (χ1) is 15.7. The molecule has 0 spiro atoms. The highest BCUT2D eigenvalue weighted by Crippen LogP contribution is 2.35. The summed E-state index contributed by atoms with van der Waals surface area (Å²) in [6.45, 7) is 10.8. The highest BCUT2D eigenvalue weighted by Gasteiger charge is 2.15. The van der Waals surface area contributed by atoms with Gasteiger partial charge in [-0.15, -0.1) is 0 Å². The van der Waals surface area contributed by atoms with E-state index in [4.69, 9.17) is 23.7 Å². The van der Waals surface area contributed by atoms with Crippen molar-refractivity contribution in [1.82, 2.24) is 0 Å². The Hall–Kier alpha value is -3.65. The van der Waals surface area contributed by atoms with Gasteiger partial charge in [-0.2, -0.15) is 0 Å². The smallest absolute Gasteiger partial charge is 0.338 e. The molecule has 0 heterocycles. The monoisotopic (exact) mass is 458 g/mol. The Bertz CT molecular complexity index is 1030. The van der Waals surface area contributed by atoms with E-state index in [2.05, 4.69) is 13.2 Å². The van der Waals surface area contributed by atoms with Crippen LogP contribution in [0.15, 0.2) is 60.7 Å². The molecule has 0 amide bonds. The topological polar surface area (TPSA) is 80.3 Å². The molecule has 33 heavy (non-hydrogen) atoms. The van der Waals surface area contributed by atoms with E-state index in [0.29, 0.717) is 35.8 Å². The average molecular weight is 458 g/mol. The Morgan fingerprint density at radius 2 is 1.55 bits per heavy atom. The van der Waals surface area contributed by atoms with Gasteiger partial charge in [0.2, 0.25) is 0 Å². The van der Waals surface area contributed by atoms with Crippen molar-refractivity contribution in [3.8, 4) is 28.4 Å². The van der Waals surface area contributed by atoms with E-state index in [1.54, 1.807) is 38.3 Å². The predicted molar refractivity (Wildman–Crippen MR) is 121 cm³/mol. The standard InChI is InChI=1S/C25H27FO7/c1-16(2)24(27)32-13-12-31-23-15-19(30-11-10-29-5)7-8-20(23)18-6-9-22(21(26)14-18)33-25(28)17(3)4/h6-9,14-15H,1,3,10-13H2,2,4-5H3. The lowest BCUT2D eigenvalue weighted by Gasteiger charge is -2.15. The molecule has 2 aromatic carbocycles. The van der Waals surface area contributed by atoms with Gasteiger partial charge in [0.1, 0.15) is 31.3 Å². The fourth-order valence-corrected chi connectivity index (χ4v) is 2.54. The highest BCUT2D eigenvalue weighted by atomic mass is 19.1. The summed E-state index contributed by atoms with van der Waals surface area (Å²) in [4.78, 5) is 23.2. The second-order valence-corrected chi connectivity index (χ2v) is 7.08. The molecule has 0 aliphatic heterocycles. The second kappa shape index (κ2) is 12.4. The van der Waals surface area contributed by atoms with Crippen LogP contribution in [0.2, 0.25) is 0 Å². The molecule has 2 rings (SSSR count). The molecule has 0 saturated heterocycles. The maximum Gasteiger partial charge on any atom is 0.338 e. The van der Waals surface area contributed by atoms with Gasteiger partial charge in [-0.1, -0.05) is 19.2 Å². The van der Waals surface area contributed by atoms with Gasteiger partial charge in [-0.05, 0) is 43.7 Å². The van der Waals surface area contributed by atoms with Crippen LogP contribution < -0.4 is 14.2 Å². The molecule has 0 aromatic heterocycles. The first kappa shape index (κ1) is 25.6. The summed E-state index contributed by atoms with van der Waals surface area (Å²) in [5, 5.41) is 0. The molecular weight excluding hydrogens is 431 g/mol. The lowest BCUT2D eigenvalue weighted by molar-refractivity contribution is -0.139. The summed E-state index contributed by atoms with van der Waals surface area (Å²) in [5.41, 5.74) is 1.50. The molecule has 8 heteroatoms. The maximum atomic E-state index is 14.6. The highest BCUT2D eigenvalue weighted by molar-refractivity contribution is 5.89. The van der Waals surface area contributed by atoms with Crippen molar-refractivity contribution < 1.29 is 37.7 Å². The number of ether oxygens (including phenoxy) is 5. The molecule has 0 radical (unpaired) electrons. The molecule has 0 unspecified atom stereocenters. The molecule has 0 N–H and O–H groups in total. The Labute approximate surface area is 192 Å². The van der Waals surface area contributed by atoms with Gasteiger partial charge in [-0.3, -0.25) is 0 Å². The third-order valence-electron chi connectivity index (χ3n) is 4.23. The zero-order chi connectivity index (χ0) is 24.4. The van der Waals surface area contributed by atoms with Crippen LogP contribution in [-0.2, 0) is 19.1 Å². The molecule has 0 fully saturated rings. The third kappa shape index (κ3) is 7.76. The van der Waals surface area contributed by atoms with E-state index in [-0.39, 0.29) is 30.1 Å². The minimum Gasteiger partial charge on any atom is -0.491 e. The van der Waals surface area contributed by atoms with Crippen molar-refractivity contribution in [2.45, 2.75) is 13.8 Å². The second-order valence-electron chi connectivity index (χ2n) is 7.08. The third-order valence-corrected chi connectivity index (χ3v) is 4.23. The van der Waals surface area contributed by atoms with Crippen LogP contribution >= 0.6 is 0 Å². The fourth-order valence-electron chi connectivity index (χ4n) is 2.54. The molecule has 0 aliphatic rings. The zero-order valence-electron chi connectivity index (χ0n) is 18.9. The molecule has 7 nitrogen and oxygen atoms in total. The van der Waals surface area contributed by atoms with Crippen LogP contribution in [-0.4, -0.2) is 45.5 Å². The van der Waals surface area contributed by atoms with Gasteiger partial charge >= 0.3 is 11.9 Å². The number of methoxy groups -OCH3 is 1. The van der Waals surface area contributed by atoms with Gasteiger partial charge in [0.15, 0.2) is 11.6 Å². The molecule has 0 bridgehead atoms. The summed E-state index contributed by atoms with van der Waals surface area (Å²) < 4.78 is 41.0. The number of esters is 2. The van der Waals surface area contributed by atoms with Crippen molar-refractivity contribution in [3.63, 3.8) is 0 Å². The first-order valence-corrected chi connectivity index (χ1v) is 10.1. The quantitative estimate of drug-likeness (QED) is 0.201. The molecule has 0 atom stereocenters. The molecule has 0 aliphatic carbocycles. The molecular formula is C25H27FO7. The number of hydrogen-bond acceptors (Lipinski definition) is 7. The van der Waals surface area contributed by atoms with E-state index in [1.807, 2.05) is 0 Å². The van der Waals surface area contributed by atoms with Gasteiger partial charge < -0.3 is 23.7 Å². The van der Waals surface area contributed by atoms with Crippen molar-refractivity contribution in [2.75, 3.05) is 33.5 Å². The van der Waals surface area contributed by atoms with Crippen LogP contribution in [0, 0.1) is 5.82 Å². The minimum atomic E-state index is -0.719. The maximum absolute atomic E-state index is 14.6. The molecule has 176 valence electrons. The van der Waals surface area contributed by atoms with Gasteiger partial charge in [0.25, 0.3) is 0 Å². The summed E-state index contributed by atoms with van der Waals surface area (Å²) >= 11 is 0. The summed E-state index contributed by atoms with van der Waals surface area (Å²) in [6, 6.07) is 9.26. The zero-order valence-corrected chi connectivity index (χ0v) is 18.9. The first-order valence-electron chi connectivity index (χ1n) is 10.1. The van der Waals surface area contributed by atoms with Crippen LogP contribution in [0.1, 0.15) is 13.8 Å². The predicted octanol–water partition coefficient (Wildman–Crippen LogP) is 4.50. The fraction of sp³-hybridized carbons (Fsp3) is 0.280. The Balaban J connectivity index is 2.25. The van der Waals surface area contributed by atoms with Gasteiger partial charge in [0, 0.05) is 29.9 Å². The van der Waals surface area contributed by atoms with E-state index < -0.39 is 17.8 Å². The van der Waals surface area contributed by atoms with Crippen molar-refractivity contribution in [3.05, 3.63) is 66.5 Å². The number of carbonyl (C=O) groups excluding carboxylic acids is 2. The Morgan fingerprint density at radius 3 is 2.18 bits per heavy atom. The van der Waals surface area contributed by atoms with E-state index in [9.17, 15) is 14.0 Å². The SMILES string of the molecule is C=C(C)C(=O)OCCOc1cc(OCCOC)ccc1-c1ccc(OC(=O)C(=C)C)c(F)c1. The summed E-state index contributed by atoms with van der Waals surface area (Å²) in [6.07, 6.45) is 0. The number of carbonyl (C=O) groups is 2.